The van der Waals surface area contributed by atoms with Crippen LogP contribution in [0.5, 0.6) is 0 Å². The molecule has 1 saturated carbocycles. The highest BCUT2D eigenvalue weighted by atomic mass is 19.1. The Morgan fingerprint density at radius 3 is 2.95 bits per heavy atom. The number of benzene rings is 1. The molecule has 2 unspecified atom stereocenters. The SMILES string of the molecule is CC1CCC(NC(=O)c2cc(C#CCN)ccc2F)C1. The van der Waals surface area contributed by atoms with Gasteiger partial charge >= 0.3 is 0 Å². The summed E-state index contributed by atoms with van der Waals surface area (Å²) in [5, 5.41) is 2.90. The number of carbonyl (C=O) groups excluding carboxylic acids is 1. The lowest BCUT2D eigenvalue weighted by Gasteiger charge is -2.13. The Hall–Kier alpha value is -1.86. The number of halogens is 1. The van der Waals surface area contributed by atoms with Crippen LogP contribution in [0.4, 0.5) is 4.39 Å². The van der Waals surface area contributed by atoms with E-state index in [1.54, 1.807) is 6.07 Å². The van der Waals surface area contributed by atoms with Crippen LogP contribution in [-0.2, 0) is 0 Å². The van der Waals surface area contributed by atoms with Gasteiger partial charge in [-0.05, 0) is 43.4 Å². The van der Waals surface area contributed by atoms with Crippen molar-refractivity contribution in [3.05, 3.63) is 35.1 Å². The first kappa shape index (κ1) is 14.5. The Kier molecular flexibility index (Phi) is 4.75. The fraction of sp³-hybridized carbons (Fsp3) is 0.438. The van der Waals surface area contributed by atoms with Gasteiger partial charge < -0.3 is 11.1 Å². The predicted octanol–water partition coefficient (Wildman–Crippen LogP) is 2.05. The summed E-state index contributed by atoms with van der Waals surface area (Å²) in [4.78, 5) is 12.1. The van der Waals surface area contributed by atoms with Crippen molar-refractivity contribution in [3.63, 3.8) is 0 Å². The van der Waals surface area contributed by atoms with Gasteiger partial charge in [0.15, 0.2) is 0 Å². The van der Waals surface area contributed by atoms with Crippen molar-refractivity contribution in [1.29, 1.82) is 0 Å². The third kappa shape index (κ3) is 3.58. The molecule has 2 rings (SSSR count). The monoisotopic (exact) mass is 274 g/mol. The van der Waals surface area contributed by atoms with Crippen LogP contribution in [-0.4, -0.2) is 18.5 Å². The molecular formula is C16H19FN2O. The molecule has 1 aromatic rings. The van der Waals surface area contributed by atoms with Gasteiger partial charge in [-0.1, -0.05) is 18.8 Å². The minimum atomic E-state index is -0.521. The molecule has 2 atom stereocenters. The quantitative estimate of drug-likeness (QED) is 0.811. The molecular weight excluding hydrogens is 255 g/mol. The summed E-state index contributed by atoms with van der Waals surface area (Å²) in [6.45, 7) is 2.40. The maximum atomic E-state index is 13.8. The molecule has 1 aliphatic rings. The van der Waals surface area contributed by atoms with E-state index >= 15 is 0 Å². The van der Waals surface area contributed by atoms with Crippen LogP contribution in [0.1, 0.15) is 42.1 Å². The second kappa shape index (κ2) is 6.53. The molecule has 0 saturated heterocycles. The van der Waals surface area contributed by atoms with E-state index < -0.39 is 5.82 Å². The summed E-state index contributed by atoms with van der Waals surface area (Å²) in [6.07, 6.45) is 3.02. The number of rotatable bonds is 2. The van der Waals surface area contributed by atoms with Crippen LogP contribution in [0.3, 0.4) is 0 Å². The van der Waals surface area contributed by atoms with Crippen molar-refractivity contribution >= 4 is 5.91 Å². The topological polar surface area (TPSA) is 55.1 Å². The summed E-state index contributed by atoms with van der Waals surface area (Å²) in [5.41, 5.74) is 5.95. The zero-order valence-electron chi connectivity index (χ0n) is 11.6. The molecule has 0 heterocycles. The van der Waals surface area contributed by atoms with Gasteiger partial charge in [-0.25, -0.2) is 4.39 Å². The fourth-order valence-electron chi connectivity index (χ4n) is 2.53. The van der Waals surface area contributed by atoms with E-state index in [-0.39, 0.29) is 24.1 Å². The van der Waals surface area contributed by atoms with Gasteiger partial charge in [-0.3, -0.25) is 4.79 Å². The first-order chi connectivity index (χ1) is 9.60. The number of carbonyl (C=O) groups is 1. The lowest BCUT2D eigenvalue weighted by molar-refractivity contribution is 0.0933. The van der Waals surface area contributed by atoms with Crippen LogP contribution >= 0.6 is 0 Å². The minimum absolute atomic E-state index is 0.0494. The average molecular weight is 274 g/mol. The van der Waals surface area contributed by atoms with E-state index in [9.17, 15) is 9.18 Å². The van der Waals surface area contributed by atoms with Crippen LogP contribution in [0.25, 0.3) is 0 Å². The number of nitrogens with one attached hydrogen (secondary N) is 1. The van der Waals surface area contributed by atoms with Crippen LogP contribution in [0.2, 0.25) is 0 Å². The summed E-state index contributed by atoms with van der Waals surface area (Å²) < 4.78 is 13.8. The molecule has 4 heteroatoms. The second-order valence-electron chi connectivity index (χ2n) is 5.29. The van der Waals surface area contributed by atoms with Gasteiger partial charge in [-0.15, -0.1) is 0 Å². The molecule has 1 amide bonds. The third-order valence-corrected chi connectivity index (χ3v) is 3.58. The Morgan fingerprint density at radius 2 is 2.30 bits per heavy atom. The van der Waals surface area contributed by atoms with E-state index in [1.807, 2.05) is 0 Å². The van der Waals surface area contributed by atoms with Crippen molar-refractivity contribution < 1.29 is 9.18 Å². The first-order valence-corrected chi connectivity index (χ1v) is 6.89. The predicted molar refractivity (Wildman–Crippen MR) is 76.6 cm³/mol. The molecule has 0 spiro atoms. The molecule has 20 heavy (non-hydrogen) atoms. The number of hydrogen-bond acceptors (Lipinski definition) is 2. The van der Waals surface area contributed by atoms with Gasteiger partial charge in [0.05, 0.1) is 12.1 Å². The summed E-state index contributed by atoms with van der Waals surface area (Å²) in [6, 6.07) is 4.45. The second-order valence-corrected chi connectivity index (χ2v) is 5.29. The number of amides is 1. The first-order valence-electron chi connectivity index (χ1n) is 6.89. The van der Waals surface area contributed by atoms with Crippen LogP contribution < -0.4 is 11.1 Å². The fourth-order valence-corrected chi connectivity index (χ4v) is 2.53. The molecule has 3 N–H and O–H groups in total. The Morgan fingerprint density at radius 1 is 1.50 bits per heavy atom. The molecule has 0 aliphatic heterocycles. The summed E-state index contributed by atoms with van der Waals surface area (Å²) in [7, 11) is 0. The molecule has 3 nitrogen and oxygen atoms in total. The van der Waals surface area contributed by atoms with Gasteiger partial charge in [0.1, 0.15) is 5.82 Å². The smallest absolute Gasteiger partial charge is 0.254 e. The zero-order chi connectivity index (χ0) is 14.5. The Balaban J connectivity index is 2.12. The van der Waals surface area contributed by atoms with Crippen molar-refractivity contribution in [2.75, 3.05) is 6.54 Å². The van der Waals surface area contributed by atoms with Crippen LogP contribution in [0, 0.1) is 23.6 Å². The van der Waals surface area contributed by atoms with E-state index in [1.165, 1.54) is 12.1 Å². The van der Waals surface area contributed by atoms with E-state index in [4.69, 9.17) is 5.73 Å². The summed E-state index contributed by atoms with van der Waals surface area (Å²) in [5.74, 6) is 5.23. The molecule has 1 aliphatic carbocycles. The van der Waals surface area contributed by atoms with E-state index in [0.717, 1.165) is 19.3 Å². The third-order valence-electron chi connectivity index (χ3n) is 3.58. The van der Waals surface area contributed by atoms with Gasteiger partial charge in [0.25, 0.3) is 5.91 Å². The highest BCUT2D eigenvalue weighted by molar-refractivity contribution is 5.95. The van der Waals surface area contributed by atoms with E-state index in [0.29, 0.717) is 11.5 Å². The van der Waals surface area contributed by atoms with Crippen molar-refractivity contribution in [3.8, 4) is 11.8 Å². The molecule has 1 fully saturated rings. The van der Waals surface area contributed by atoms with Crippen molar-refractivity contribution in [2.24, 2.45) is 11.7 Å². The summed E-state index contributed by atoms with van der Waals surface area (Å²) >= 11 is 0. The Bertz CT molecular complexity index is 559. The molecule has 0 aromatic heterocycles. The standard InChI is InChI=1S/C16H19FN2O/c1-11-4-6-13(9-11)19-16(20)14-10-12(3-2-8-18)5-7-15(14)17/h5,7,10-11,13H,4,6,8-9,18H2,1H3,(H,19,20). The maximum Gasteiger partial charge on any atom is 0.254 e. The highest BCUT2D eigenvalue weighted by Gasteiger charge is 2.24. The molecule has 1 aromatic carbocycles. The number of nitrogens with two attached hydrogens (primary N) is 1. The lowest BCUT2D eigenvalue weighted by Crippen LogP contribution is -2.33. The zero-order valence-corrected chi connectivity index (χ0v) is 11.6. The molecule has 0 radical (unpaired) electrons. The van der Waals surface area contributed by atoms with Crippen LogP contribution in [0.15, 0.2) is 18.2 Å². The minimum Gasteiger partial charge on any atom is -0.349 e. The van der Waals surface area contributed by atoms with Gasteiger partial charge in [-0.2, -0.15) is 0 Å². The Labute approximate surface area is 118 Å². The number of hydrogen-bond donors (Lipinski definition) is 2. The van der Waals surface area contributed by atoms with Crippen molar-refractivity contribution in [1.82, 2.24) is 5.32 Å². The normalized spacial score (nSPS) is 21.1. The van der Waals surface area contributed by atoms with Gasteiger partial charge in [0, 0.05) is 11.6 Å². The van der Waals surface area contributed by atoms with Gasteiger partial charge in [0.2, 0.25) is 0 Å². The molecule has 106 valence electrons. The lowest BCUT2D eigenvalue weighted by atomic mass is 10.1. The largest absolute Gasteiger partial charge is 0.349 e. The molecule has 0 bridgehead atoms. The average Bonchev–Trinajstić information content (AvgIpc) is 2.83. The highest BCUT2D eigenvalue weighted by Crippen LogP contribution is 2.25. The van der Waals surface area contributed by atoms with E-state index in [2.05, 4.69) is 24.1 Å². The van der Waals surface area contributed by atoms with Crippen molar-refractivity contribution in [2.45, 2.75) is 32.2 Å². The maximum absolute atomic E-state index is 13.8.